The molecule has 0 spiro atoms. The fourth-order valence-corrected chi connectivity index (χ4v) is 2.38. The summed E-state index contributed by atoms with van der Waals surface area (Å²) in [6, 6.07) is 8.03. The van der Waals surface area contributed by atoms with Crippen molar-refractivity contribution in [1.82, 2.24) is 10.3 Å². The van der Waals surface area contributed by atoms with Crippen LogP contribution in [-0.4, -0.2) is 17.4 Å². The number of hydrogen-bond donors (Lipinski definition) is 1. The molecule has 1 heterocycles. The zero-order valence-electron chi connectivity index (χ0n) is 10.3. The number of aryl methyl sites for hydroxylation is 1. The second-order valence-electron chi connectivity index (χ2n) is 4.19. The van der Waals surface area contributed by atoms with Gasteiger partial charge in [-0.15, -0.1) is 11.3 Å². The third-order valence-electron chi connectivity index (χ3n) is 2.59. The van der Waals surface area contributed by atoms with E-state index in [9.17, 15) is 4.79 Å². The predicted molar refractivity (Wildman–Crippen MR) is 73.7 cm³/mol. The van der Waals surface area contributed by atoms with Crippen LogP contribution in [0.15, 0.2) is 35.8 Å². The van der Waals surface area contributed by atoms with E-state index in [2.05, 4.69) is 10.3 Å². The molecule has 0 saturated carbocycles. The van der Waals surface area contributed by atoms with Crippen LogP contribution < -0.4 is 5.32 Å². The topological polar surface area (TPSA) is 42.0 Å². The third kappa shape index (κ3) is 3.96. The molecule has 0 aliphatic carbocycles. The van der Waals surface area contributed by atoms with Gasteiger partial charge in [0.1, 0.15) is 0 Å². The molecule has 18 heavy (non-hydrogen) atoms. The summed E-state index contributed by atoms with van der Waals surface area (Å²) in [5.41, 5.74) is 2.24. The quantitative estimate of drug-likeness (QED) is 0.896. The minimum Gasteiger partial charge on any atom is -0.355 e. The third-order valence-corrected chi connectivity index (χ3v) is 3.43. The van der Waals surface area contributed by atoms with Crippen LogP contribution in [0.1, 0.15) is 16.1 Å². The summed E-state index contributed by atoms with van der Waals surface area (Å²) in [4.78, 5) is 15.9. The molecule has 1 aromatic carbocycles. The Kier molecular flexibility index (Phi) is 4.47. The van der Waals surface area contributed by atoms with E-state index < -0.39 is 0 Å². The summed E-state index contributed by atoms with van der Waals surface area (Å²) in [6.45, 7) is 2.68. The molecule has 0 unspecified atom stereocenters. The van der Waals surface area contributed by atoms with Crippen molar-refractivity contribution in [3.63, 3.8) is 0 Å². The number of amides is 1. The Bertz CT molecular complexity index is 508. The lowest BCUT2D eigenvalue weighted by Gasteiger charge is -2.04. The molecule has 2 rings (SSSR count). The average Bonchev–Trinajstić information content (AvgIpc) is 2.82. The van der Waals surface area contributed by atoms with E-state index in [1.165, 1.54) is 5.56 Å². The van der Waals surface area contributed by atoms with Crippen LogP contribution in [0.5, 0.6) is 0 Å². The molecule has 0 fully saturated rings. The van der Waals surface area contributed by atoms with Gasteiger partial charge in [0, 0.05) is 24.5 Å². The zero-order valence-corrected chi connectivity index (χ0v) is 11.2. The Morgan fingerprint density at radius 1 is 1.44 bits per heavy atom. The Morgan fingerprint density at radius 3 is 3.06 bits per heavy atom. The highest BCUT2D eigenvalue weighted by atomic mass is 32.1. The Balaban J connectivity index is 1.75. The van der Waals surface area contributed by atoms with Gasteiger partial charge in [0.2, 0.25) is 5.91 Å². The molecule has 0 aliphatic rings. The lowest BCUT2D eigenvalue weighted by molar-refractivity contribution is -0.120. The van der Waals surface area contributed by atoms with Gasteiger partial charge in [-0.1, -0.05) is 29.8 Å². The van der Waals surface area contributed by atoms with Crippen molar-refractivity contribution in [2.24, 2.45) is 0 Å². The van der Waals surface area contributed by atoms with Gasteiger partial charge in [0.25, 0.3) is 0 Å². The van der Waals surface area contributed by atoms with E-state index in [0.717, 1.165) is 17.0 Å². The second kappa shape index (κ2) is 6.31. The Morgan fingerprint density at radius 2 is 2.33 bits per heavy atom. The van der Waals surface area contributed by atoms with Gasteiger partial charge < -0.3 is 5.32 Å². The SMILES string of the molecule is Cc1cccc(CC(=O)NCCc2nccs2)c1. The molecule has 0 atom stereocenters. The van der Waals surface area contributed by atoms with Crippen molar-refractivity contribution in [3.05, 3.63) is 52.0 Å². The molecule has 4 heteroatoms. The lowest BCUT2D eigenvalue weighted by Crippen LogP contribution is -2.27. The monoisotopic (exact) mass is 260 g/mol. The summed E-state index contributed by atoms with van der Waals surface area (Å²) in [7, 11) is 0. The van der Waals surface area contributed by atoms with Crippen LogP contribution in [0.3, 0.4) is 0 Å². The molecule has 94 valence electrons. The van der Waals surface area contributed by atoms with Crippen LogP contribution in [0.2, 0.25) is 0 Å². The summed E-state index contributed by atoms with van der Waals surface area (Å²) >= 11 is 1.62. The first kappa shape index (κ1) is 12.8. The van der Waals surface area contributed by atoms with Gasteiger partial charge in [0.15, 0.2) is 0 Å². The fourth-order valence-electron chi connectivity index (χ4n) is 1.76. The van der Waals surface area contributed by atoms with Gasteiger partial charge in [-0.25, -0.2) is 4.98 Å². The minimum absolute atomic E-state index is 0.0668. The number of carbonyl (C=O) groups is 1. The Hall–Kier alpha value is -1.68. The highest BCUT2D eigenvalue weighted by Crippen LogP contribution is 2.05. The molecule has 1 aromatic heterocycles. The number of benzene rings is 1. The van der Waals surface area contributed by atoms with Crippen LogP contribution >= 0.6 is 11.3 Å². The highest BCUT2D eigenvalue weighted by Gasteiger charge is 2.03. The average molecular weight is 260 g/mol. The fraction of sp³-hybridized carbons (Fsp3) is 0.286. The number of aromatic nitrogens is 1. The van der Waals surface area contributed by atoms with E-state index in [-0.39, 0.29) is 5.91 Å². The van der Waals surface area contributed by atoms with Gasteiger partial charge in [-0.05, 0) is 12.5 Å². The van der Waals surface area contributed by atoms with Gasteiger partial charge in [-0.2, -0.15) is 0 Å². The zero-order chi connectivity index (χ0) is 12.8. The van der Waals surface area contributed by atoms with E-state index >= 15 is 0 Å². The summed E-state index contributed by atoms with van der Waals surface area (Å²) in [5, 5.41) is 5.93. The molecular formula is C14H16N2OS. The minimum atomic E-state index is 0.0668. The Labute approximate surface area is 111 Å². The van der Waals surface area contributed by atoms with Crippen molar-refractivity contribution in [2.45, 2.75) is 19.8 Å². The number of carbonyl (C=O) groups excluding carboxylic acids is 1. The summed E-state index contributed by atoms with van der Waals surface area (Å²) in [6.07, 6.45) is 3.03. The first-order chi connectivity index (χ1) is 8.74. The predicted octanol–water partition coefficient (Wildman–Crippen LogP) is 2.35. The maximum absolute atomic E-state index is 11.7. The van der Waals surface area contributed by atoms with Crippen LogP contribution in [0.25, 0.3) is 0 Å². The van der Waals surface area contributed by atoms with Crippen LogP contribution in [0.4, 0.5) is 0 Å². The van der Waals surface area contributed by atoms with E-state index in [0.29, 0.717) is 13.0 Å². The lowest BCUT2D eigenvalue weighted by atomic mass is 10.1. The van der Waals surface area contributed by atoms with Gasteiger partial charge >= 0.3 is 0 Å². The number of nitrogens with zero attached hydrogens (tertiary/aromatic N) is 1. The van der Waals surface area contributed by atoms with Gasteiger partial charge in [0.05, 0.1) is 11.4 Å². The van der Waals surface area contributed by atoms with Crippen molar-refractivity contribution in [3.8, 4) is 0 Å². The number of thiazole rings is 1. The maximum Gasteiger partial charge on any atom is 0.224 e. The molecule has 3 nitrogen and oxygen atoms in total. The first-order valence-electron chi connectivity index (χ1n) is 5.94. The molecule has 2 aromatic rings. The molecule has 1 N–H and O–H groups in total. The van der Waals surface area contributed by atoms with E-state index in [4.69, 9.17) is 0 Å². The highest BCUT2D eigenvalue weighted by molar-refractivity contribution is 7.09. The molecule has 0 saturated heterocycles. The first-order valence-corrected chi connectivity index (χ1v) is 6.82. The molecule has 0 bridgehead atoms. The van der Waals surface area contributed by atoms with E-state index in [1.807, 2.05) is 36.6 Å². The number of hydrogen-bond acceptors (Lipinski definition) is 3. The number of rotatable bonds is 5. The van der Waals surface area contributed by atoms with Crippen molar-refractivity contribution in [2.75, 3.05) is 6.54 Å². The van der Waals surface area contributed by atoms with Crippen molar-refractivity contribution < 1.29 is 4.79 Å². The largest absolute Gasteiger partial charge is 0.355 e. The summed E-state index contributed by atoms with van der Waals surface area (Å²) in [5.74, 6) is 0.0668. The molecule has 1 amide bonds. The van der Waals surface area contributed by atoms with Crippen molar-refractivity contribution >= 4 is 17.2 Å². The molecular weight excluding hydrogens is 244 g/mol. The standard InChI is InChI=1S/C14H16N2OS/c1-11-3-2-4-12(9-11)10-13(17)15-6-5-14-16-7-8-18-14/h2-4,7-9H,5-6,10H2,1H3,(H,15,17). The molecule has 0 radical (unpaired) electrons. The van der Waals surface area contributed by atoms with Crippen molar-refractivity contribution in [1.29, 1.82) is 0 Å². The number of nitrogens with one attached hydrogen (secondary N) is 1. The smallest absolute Gasteiger partial charge is 0.224 e. The maximum atomic E-state index is 11.7. The molecule has 0 aliphatic heterocycles. The summed E-state index contributed by atoms with van der Waals surface area (Å²) < 4.78 is 0. The van der Waals surface area contributed by atoms with Crippen LogP contribution in [-0.2, 0) is 17.6 Å². The van der Waals surface area contributed by atoms with Gasteiger partial charge in [-0.3, -0.25) is 4.79 Å². The normalized spacial score (nSPS) is 10.3. The second-order valence-corrected chi connectivity index (χ2v) is 5.17. The van der Waals surface area contributed by atoms with Crippen LogP contribution in [0, 0.1) is 6.92 Å². The van der Waals surface area contributed by atoms with E-state index in [1.54, 1.807) is 17.5 Å².